The standard InChI is InChI=1S/C25H31F3/c1-2-3-4-5-16-6-7-18-13-19(9-8-17(18)12-16)21-14-20-10-11-22(26)25(28)24(20)23(27)15-21/h10-11,14-19H,2-9,12-13H2,1H3. The van der Waals surface area contributed by atoms with E-state index in [1.807, 2.05) is 6.07 Å². The average Bonchev–Trinajstić information content (AvgIpc) is 2.70. The van der Waals surface area contributed by atoms with Crippen LogP contribution in [0.2, 0.25) is 0 Å². The first-order chi connectivity index (χ1) is 13.6. The molecule has 0 saturated heterocycles. The minimum absolute atomic E-state index is 0.218. The minimum Gasteiger partial charge on any atom is -0.206 e. The van der Waals surface area contributed by atoms with Crippen LogP contribution in [0.3, 0.4) is 0 Å². The molecule has 3 heteroatoms. The van der Waals surface area contributed by atoms with Gasteiger partial charge in [0.25, 0.3) is 0 Å². The van der Waals surface area contributed by atoms with Crippen LogP contribution in [0.5, 0.6) is 0 Å². The zero-order valence-corrected chi connectivity index (χ0v) is 16.8. The van der Waals surface area contributed by atoms with Crippen molar-refractivity contribution in [3.63, 3.8) is 0 Å². The molecular formula is C25H31F3. The fourth-order valence-corrected chi connectivity index (χ4v) is 5.84. The van der Waals surface area contributed by atoms with Crippen LogP contribution < -0.4 is 0 Å². The van der Waals surface area contributed by atoms with E-state index in [1.165, 1.54) is 63.5 Å². The molecule has 0 aromatic heterocycles. The molecule has 0 heterocycles. The van der Waals surface area contributed by atoms with Gasteiger partial charge >= 0.3 is 0 Å². The monoisotopic (exact) mass is 388 g/mol. The van der Waals surface area contributed by atoms with Gasteiger partial charge in [0.05, 0.1) is 5.39 Å². The van der Waals surface area contributed by atoms with E-state index in [2.05, 4.69) is 6.92 Å². The minimum atomic E-state index is -1.08. The van der Waals surface area contributed by atoms with Crippen LogP contribution in [0, 0.1) is 35.2 Å². The Hall–Kier alpha value is -1.51. The number of hydrogen-bond donors (Lipinski definition) is 0. The van der Waals surface area contributed by atoms with Gasteiger partial charge in [0, 0.05) is 0 Å². The lowest BCUT2D eigenvalue weighted by Crippen LogP contribution is -2.30. The second-order valence-corrected chi connectivity index (χ2v) is 9.17. The third kappa shape index (κ3) is 3.95. The van der Waals surface area contributed by atoms with Gasteiger partial charge in [-0.2, -0.15) is 0 Å². The largest absolute Gasteiger partial charge is 0.206 e. The summed E-state index contributed by atoms with van der Waals surface area (Å²) in [5, 5.41) is 0.251. The maximum Gasteiger partial charge on any atom is 0.169 e. The molecule has 0 N–H and O–H groups in total. The Balaban J connectivity index is 1.46. The fourth-order valence-electron chi connectivity index (χ4n) is 5.84. The molecule has 4 atom stereocenters. The molecule has 2 fully saturated rings. The van der Waals surface area contributed by atoms with Gasteiger partial charge in [0.1, 0.15) is 5.82 Å². The van der Waals surface area contributed by atoms with E-state index in [4.69, 9.17) is 0 Å². The molecule has 2 saturated carbocycles. The van der Waals surface area contributed by atoms with Crippen molar-refractivity contribution in [2.45, 2.75) is 77.0 Å². The molecule has 4 unspecified atom stereocenters. The Labute approximate surface area is 166 Å². The molecule has 0 radical (unpaired) electrons. The summed E-state index contributed by atoms with van der Waals surface area (Å²) >= 11 is 0. The summed E-state index contributed by atoms with van der Waals surface area (Å²) in [5.74, 6) is 0.108. The summed E-state index contributed by atoms with van der Waals surface area (Å²) in [4.78, 5) is 0. The van der Waals surface area contributed by atoms with Gasteiger partial charge in [-0.25, -0.2) is 13.2 Å². The number of unbranched alkanes of at least 4 members (excludes halogenated alkanes) is 2. The second-order valence-electron chi connectivity index (χ2n) is 9.17. The molecular weight excluding hydrogens is 357 g/mol. The number of hydrogen-bond acceptors (Lipinski definition) is 0. The van der Waals surface area contributed by atoms with Crippen molar-refractivity contribution in [2.24, 2.45) is 17.8 Å². The zero-order valence-electron chi connectivity index (χ0n) is 16.8. The smallest absolute Gasteiger partial charge is 0.169 e. The quantitative estimate of drug-likeness (QED) is 0.453. The lowest BCUT2D eigenvalue weighted by Gasteiger charge is -2.42. The fraction of sp³-hybridized carbons (Fsp3) is 0.600. The van der Waals surface area contributed by atoms with E-state index >= 15 is 0 Å². The molecule has 0 aliphatic heterocycles. The van der Waals surface area contributed by atoms with E-state index in [9.17, 15) is 13.2 Å². The van der Waals surface area contributed by atoms with Crippen molar-refractivity contribution in [1.29, 1.82) is 0 Å². The van der Waals surface area contributed by atoms with Crippen LogP contribution >= 0.6 is 0 Å². The normalized spacial score (nSPS) is 27.7. The van der Waals surface area contributed by atoms with Gasteiger partial charge in [-0.05, 0) is 78.9 Å². The number of fused-ring (bicyclic) bond motifs is 2. The maximum absolute atomic E-state index is 14.6. The molecule has 2 aromatic rings. The first kappa shape index (κ1) is 19.8. The lowest BCUT2D eigenvalue weighted by molar-refractivity contribution is 0.113. The van der Waals surface area contributed by atoms with Crippen molar-refractivity contribution >= 4 is 10.8 Å². The van der Waals surface area contributed by atoms with Crippen molar-refractivity contribution in [3.8, 4) is 0 Å². The van der Waals surface area contributed by atoms with Gasteiger partial charge < -0.3 is 0 Å². The Morgan fingerprint density at radius 1 is 0.857 bits per heavy atom. The summed E-state index contributed by atoms with van der Waals surface area (Å²) in [7, 11) is 0. The van der Waals surface area contributed by atoms with Gasteiger partial charge in [-0.15, -0.1) is 0 Å². The van der Waals surface area contributed by atoms with Crippen LogP contribution in [-0.4, -0.2) is 0 Å². The lowest BCUT2D eigenvalue weighted by atomic mass is 9.63. The van der Waals surface area contributed by atoms with Gasteiger partial charge in [0.2, 0.25) is 0 Å². The predicted octanol–water partition coefficient (Wildman–Crippen LogP) is 8.14. The highest BCUT2D eigenvalue weighted by Crippen LogP contribution is 2.48. The second kappa shape index (κ2) is 8.47. The summed E-state index contributed by atoms with van der Waals surface area (Å²) in [6, 6.07) is 5.92. The van der Waals surface area contributed by atoms with Gasteiger partial charge in [-0.3, -0.25) is 0 Å². The molecule has 0 amide bonds. The van der Waals surface area contributed by atoms with Crippen LogP contribution in [0.25, 0.3) is 10.8 Å². The van der Waals surface area contributed by atoms with Gasteiger partial charge in [0.15, 0.2) is 11.6 Å². The molecule has 0 nitrogen and oxygen atoms in total. The van der Waals surface area contributed by atoms with Crippen LogP contribution in [0.15, 0.2) is 24.3 Å². The first-order valence-electron chi connectivity index (χ1n) is 11.1. The van der Waals surface area contributed by atoms with E-state index < -0.39 is 17.5 Å². The Morgan fingerprint density at radius 2 is 1.64 bits per heavy atom. The van der Waals surface area contributed by atoms with Crippen LogP contribution in [-0.2, 0) is 0 Å². The first-order valence-corrected chi connectivity index (χ1v) is 11.1. The summed E-state index contributed by atoms with van der Waals surface area (Å²) in [6.45, 7) is 2.26. The van der Waals surface area contributed by atoms with Crippen molar-refractivity contribution in [2.75, 3.05) is 0 Å². The molecule has 2 aliphatic rings. The van der Waals surface area contributed by atoms with Crippen LogP contribution in [0.4, 0.5) is 13.2 Å². The zero-order chi connectivity index (χ0) is 19.7. The Kier molecular flexibility index (Phi) is 5.99. The molecule has 0 bridgehead atoms. The SMILES string of the molecule is CCCCCC1CCC2CC(c3cc(F)c4c(F)c(F)ccc4c3)CCC2C1. The average molecular weight is 389 g/mol. The van der Waals surface area contributed by atoms with Gasteiger partial charge in [-0.1, -0.05) is 51.2 Å². The topological polar surface area (TPSA) is 0 Å². The highest BCUT2D eigenvalue weighted by molar-refractivity contribution is 5.84. The van der Waals surface area contributed by atoms with Crippen LogP contribution in [0.1, 0.15) is 82.6 Å². The highest BCUT2D eigenvalue weighted by Gasteiger charge is 2.36. The Bertz CT molecular complexity index is 828. The predicted molar refractivity (Wildman–Crippen MR) is 109 cm³/mol. The van der Waals surface area contributed by atoms with E-state index in [-0.39, 0.29) is 5.39 Å². The van der Waals surface area contributed by atoms with E-state index in [1.54, 1.807) is 0 Å². The van der Waals surface area contributed by atoms with E-state index in [0.717, 1.165) is 42.2 Å². The summed E-state index contributed by atoms with van der Waals surface area (Å²) in [6.07, 6.45) is 12.8. The third-order valence-electron chi connectivity index (χ3n) is 7.39. The van der Waals surface area contributed by atoms with Crippen molar-refractivity contribution in [1.82, 2.24) is 0 Å². The molecule has 4 rings (SSSR count). The molecule has 152 valence electrons. The molecule has 2 aliphatic carbocycles. The summed E-state index contributed by atoms with van der Waals surface area (Å²) in [5.41, 5.74) is 0.958. The number of benzene rings is 2. The van der Waals surface area contributed by atoms with E-state index in [0.29, 0.717) is 11.3 Å². The van der Waals surface area contributed by atoms with Crippen molar-refractivity contribution < 1.29 is 13.2 Å². The molecule has 0 spiro atoms. The maximum atomic E-state index is 14.6. The molecule has 2 aromatic carbocycles. The summed E-state index contributed by atoms with van der Waals surface area (Å²) < 4.78 is 42.0. The third-order valence-corrected chi connectivity index (χ3v) is 7.39. The van der Waals surface area contributed by atoms with Crippen molar-refractivity contribution in [3.05, 3.63) is 47.3 Å². The number of rotatable bonds is 5. The molecule has 28 heavy (non-hydrogen) atoms. The number of halogens is 3. The Morgan fingerprint density at radius 3 is 2.46 bits per heavy atom. The highest BCUT2D eigenvalue weighted by atomic mass is 19.2.